The van der Waals surface area contributed by atoms with E-state index in [4.69, 9.17) is 9.47 Å². The standard InChI is InChI=1S/C11H18BO2/c1-8-5-9(7-13-3)10(12-2)6-11(8)14-4/h5,11H,6-7H2,1-4H3. The lowest BCUT2D eigenvalue weighted by molar-refractivity contribution is 0.130. The van der Waals surface area contributed by atoms with Crippen LogP contribution in [0.1, 0.15) is 13.3 Å². The van der Waals surface area contributed by atoms with Crippen molar-refractivity contribution >= 4 is 7.28 Å². The third-order valence-corrected chi connectivity index (χ3v) is 2.66. The smallest absolute Gasteiger partial charge is 0.143 e. The van der Waals surface area contributed by atoms with Gasteiger partial charge < -0.3 is 9.47 Å². The SMILES string of the molecule is C[B]C1=C(COC)C=C(C)C(OC)C1. The zero-order valence-electron chi connectivity index (χ0n) is 9.46. The van der Waals surface area contributed by atoms with Gasteiger partial charge in [-0.2, -0.15) is 0 Å². The highest BCUT2D eigenvalue weighted by molar-refractivity contribution is 6.44. The highest BCUT2D eigenvalue weighted by atomic mass is 16.5. The summed E-state index contributed by atoms with van der Waals surface area (Å²) in [5, 5.41) is 0. The fourth-order valence-electron chi connectivity index (χ4n) is 1.81. The Labute approximate surface area is 87.2 Å². The molecule has 0 aliphatic heterocycles. The van der Waals surface area contributed by atoms with Gasteiger partial charge in [-0.25, -0.2) is 0 Å². The molecule has 0 heterocycles. The van der Waals surface area contributed by atoms with Gasteiger partial charge in [0.1, 0.15) is 7.28 Å². The zero-order chi connectivity index (χ0) is 10.6. The van der Waals surface area contributed by atoms with Crippen molar-refractivity contribution in [1.82, 2.24) is 0 Å². The molecule has 1 aliphatic carbocycles. The summed E-state index contributed by atoms with van der Waals surface area (Å²) in [6.45, 7) is 4.86. The molecule has 0 bridgehead atoms. The van der Waals surface area contributed by atoms with Gasteiger partial charge in [-0.1, -0.05) is 12.9 Å². The van der Waals surface area contributed by atoms with Gasteiger partial charge in [-0.15, -0.1) is 5.47 Å². The largest absolute Gasteiger partial charge is 0.380 e. The summed E-state index contributed by atoms with van der Waals surface area (Å²) in [6.07, 6.45) is 3.38. The van der Waals surface area contributed by atoms with Gasteiger partial charge >= 0.3 is 0 Å². The maximum atomic E-state index is 5.40. The lowest BCUT2D eigenvalue weighted by atomic mass is 9.65. The molecule has 1 rings (SSSR count). The van der Waals surface area contributed by atoms with Gasteiger partial charge in [-0.05, 0) is 24.5 Å². The Hall–Kier alpha value is -0.535. The van der Waals surface area contributed by atoms with E-state index >= 15 is 0 Å². The molecule has 0 saturated heterocycles. The number of methoxy groups -OCH3 is 2. The van der Waals surface area contributed by atoms with E-state index in [0.29, 0.717) is 6.61 Å². The van der Waals surface area contributed by atoms with Crippen LogP contribution in [0.2, 0.25) is 6.82 Å². The molecule has 14 heavy (non-hydrogen) atoms. The van der Waals surface area contributed by atoms with Gasteiger partial charge in [0.2, 0.25) is 0 Å². The Bertz CT molecular complexity index is 256. The maximum absolute atomic E-state index is 5.40. The molecule has 1 atom stereocenters. The summed E-state index contributed by atoms with van der Waals surface area (Å²) >= 11 is 0. The van der Waals surface area contributed by atoms with Crippen LogP contribution in [-0.2, 0) is 9.47 Å². The van der Waals surface area contributed by atoms with Crippen LogP contribution >= 0.6 is 0 Å². The Morgan fingerprint density at radius 1 is 1.50 bits per heavy atom. The van der Waals surface area contributed by atoms with Crippen LogP contribution in [0.15, 0.2) is 22.7 Å². The number of hydrogen-bond donors (Lipinski definition) is 0. The molecule has 0 N–H and O–H groups in total. The van der Waals surface area contributed by atoms with Crippen molar-refractivity contribution in [3.8, 4) is 0 Å². The molecule has 0 saturated carbocycles. The van der Waals surface area contributed by atoms with Crippen LogP contribution in [0, 0.1) is 0 Å². The van der Waals surface area contributed by atoms with Crippen molar-refractivity contribution in [2.75, 3.05) is 20.8 Å². The first-order valence-electron chi connectivity index (χ1n) is 4.94. The van der Waals surface area contributed by atoms with Crippen molar-refractivity contribution < 1.29 is 9.47 Å². The quantitative estimate of drug-likeness (QED) is 0.635. The van der Waals surface area contributed by atoms with Gasteiger partial charge in [0.05, 0.1) is 12.7 Å². The molecule has 0 fully saturated rings. The summed E-state index contributed by atoms with van der Waals surface area (Å²) in [6, 6.07) is 0. The van der Waals surface area contributed by atoms with E-state index in [1.165, 1.54) is 16.6 Å². The van der Waals surface area contributed by atoms with Crippen molar-refractivity contribution in [3.63, 3.8) is 0 Å². The van der Waals surface area contributed by atoms with Crippen molar-refractivity contribution in [1.29, 1.82) is 0 Å². The fourth-order valence-corrected chi connectivity index (χ4v) is 1.81. The van der Waals surface area contributed by atoms with Gasteiger partial charge in [-0.3, -0.25) is 0 Å². The molecule has 1 radical (unpaired) electrons. The first-order chi connectivity index (χ1) is 6.72. The summed E-state index contributed by atoms with van der Waals surface area (Å²) < 4.78 is 10.6. The van der Waals surface area contributed by atoms with Crippen LogP contribution in [0.25, 0.3) is 0 Å². The van der Waals surface area contributed by atoms with Crippen molar-refractivity contribution in [2.45, 2.75) is 26.3 Å². The van der Waals surface area contributed by atoms with Crippen LogP contribution in [0.5, 0.6) is 0 Å². The normalized spacial score (nSPS) is 22.3. The second kappa shape index (κ2) is 5.37. The third-order valence-electron chi connectivity index (χ3n) is 2.66. The molecular weight excluding hydrogens is 175 g/mol. The van der Waals surface area contributed by atoms with Crippen LogP contribution in [0.3, 0.4) is 0 Å². The molecule has 0 spiro atoms. The van der Waals surface area contributed by atoms with E-state index in [1.54, 1.807) is 14.2 Å². The van der Waals surface area contributed by atoms with Crippen LogP contribution in [-0.4, -0.2) is 34.2 Å². The second-order valence-electron chi connectivity index (χ2n) is 3.59. The van der Waals surface area contributed by atoms with E-state index in [2.05, 4.69) is 27.1 Å². The Kier molecular flexibility index (Phi) is 4.43. The molecule has 0 aromatic carbocycles. The topological polar surface area (TPSA) is 18.5 Å². The zero-order valence-corrected chi connectivity index (χ0v) is 9.46. The Morgan fingerprint density at radius 2 is 2.21 bits per heavy atom. The maximum Gasteiger partial charge on any atom is 0.143 e. The number of hydrogen-bond acceptors (Lipinski definition) is 2. The lowest BCUT2D eigenvalue weighted by Crippen LogP contribution is -2.20. The molecular formula is C11H18BO2. The molecule has 1 aliphatic rings. The predicted molar refractivity (Wildman–Crippen MR) is 59.7 cm³/mol. The highest BCUT2D eigenvalue weighted by Gasteiger charge is 2.19. The summed E-state index contributed by atoms with van der Waals surface area (Å²) in [7, 11) is 5.63. The van der Waals surface area contributed by atoms with Gasteiger partial charge in [0, 0.05) is 14.2 Å². The minimum absolute atomic E-state index is 0.238. The van der Waals surface area contributed by atoms with Crippen molar-refractivity contribution in [2.24, 2.45) is 0 Å². The third kappa shape index (κ3) is 2.49. The Morgan fingerprint density at radius 3 is 2.71 bits per heavy atom. The molecule has 3 heteroatoms. The van der Waals surface area contributed by atoms with Crippen LogP contribution < -0.4 is 0 Å². The monoisotopic (exact) mass is 193 g/mol. The van der Waals surface area contributed by atoms with Crippen LogP contribution in [0.4, 0.5) is 0 Å². The lowest BCUT2D eigenvalue weighted by Gasteiger charge is -2.25. The number of ether oxygens (including phenoxy) is 2. The molecule has 1 unspecified atom stereocenters. The first kappa shape index (κ1) is 11.5. The minimum atomic E-state index is 0.238. The average Bonchev–Trinajstić information content (AvgIpc) is 2.19. The van der Waals surface area contributed by atoms with E-state index in [1.807, 2.05) is 0 Å². The summed E-state index contributed by atoms with van der Waals surface area (Å²) in [4.78, 5) is 0. The number of rotatable bonds is 4. The Balaban J connectivity index is 2.84. The second-order valence-corrected chi connectivity index (χ2v) is 3.59. The van der Waals surface area contributed by atoms with Crippen molar-refractivity contribution in [3.05, 3.63) is 22.7 Å². The van der Waals surface area contributed by atoms with E-state index < -0.39 is 0 Å². The predicted octanol–water partition coefficient (Wildman–Crippen LogP) is 2.00. The summed E-state index contributed by atoms with van der Waals surface area (Å²) in [5.41, 5.74) is 3.90. The minimum Gasteiger partial charge on any atom is -0.380 e. The van der Waals surface area contributed by atoms with Gasteiger partial charge in [0.25, 0.3) is 0 Å². The molecule has 0 aromatic heterocycles. The highest BCUT2D eigenvalue weighted by Crippen LogP contribution is 2.25. The van der Waals surface area contributed by atoms with Gasteiger partial charge in [0.15, 0.2) is 0 Å². The average molecular weight is 193 g/mol. The molecule has 2 nitrogen and oxygen atoms in total. The first-order valence-corrected chi connectivity index (χ1v) is 4.94. The molecule has 0 amide bonds. The van der Waals surface area contributed by atoms with E-state index in [0.717, 1.165) is 6.42 Å². The summed E-state index contributed by atoms with van der Waals surface area (Å²) in [5.74, 6) is 0. The fraction of sp³-hybridized carbons (Fsp3) is 0.636. The molecule has 0 aromatic rings. The molecule has 77 valence electrons. The van der Waals surface area contributed by atoms with E-state index in [9.17, 15) is 0 Å². The van der Waals surface area contributed by atoms with E-state index in [-0.39, 0.29) is 6.10 Å².